The summed E-state index contributed by atoms with van der Waals surface area (Å²) in [4.78, 5) is 0. The lowest BCUT2D eigenvalue weighted by Gasteiger charge is -2.18. The van der Waals surface area contributed by atoms with E-state index in [-0.39, 0.29) is 5.41 Å². The van der Waals surface area contributed by atoms with Gasteiger partial charge in [0.25, 0.3) is 0 Å². The van der Waals surface area contributed by atoms with Gasteiger partial charge in [-0.3, -0.25) is 0 Å². The molecule has 2 nitrogen and oxygen atoms in total. The summed E-state index contributed by atoms with van der Waals surface area (Å²) in [5, 5.41) is 3.53. The minimum absolute atomic E-state index is 0.262. The molecule has 0 amide bonds. The lowest BCUT2D eigenvalue weighted by molar-refractivity contribution is 0.164. The van der Waals surface area contributed by atoms with Gasteiger partial charge in [-0.05, 0) is 24.4 Å². The summed E-state index contributed by atoms with van der Waals surface area (Å²) in [5.41, 5.74) is 1.69. The lowest BCUT2D eigenvalue weighted by Crippen LogP contribution is -2.28. The predicted octanol–water partition coefficient (Wildman–Crippen LogP) is 2.59. The van der Waals surface area contributed by atoms with Gasteiger partial charge in [0.2, 0.25) is 0 Å². The Morgan fingerprint density at radius 1 is 1.35 bits per heavy atom. The SMILES string of the molecule is COCC1(c2ccccc2)CC1CNC(C)C. The monoisotopic (exact) mass is 233 g/mol. The van der Waals surface area contributed by atoms with Crippen molar-refractivity contribution in [2.24, 2.45) is 5.92 Å². The molecule has 1 aromatic carbocycles. The molecule has 0 radical (unpaired) electrons. The van der Waals surface area contributed by atoms with Gasteiger partial charge in [0.15, 0.2) is 0 Å². The highest BCUT2D eigenvalue weighted by Gasteiger charge is 2.54. The van der Waals surface area contributed by atoms with E-state index in [0.717, 1.165) is 13.2 Å². The molecule has 94 valence electrons. The van der Waals surface area contributed by atoms with Crippen molar-refractivity contribution in [3.63, 3.8) is 0 Å². The van der Waals surface area contributed by atoms with E-state index in [1.54, 1.807) is 7.11 Å². The smallest absolute Gasteiger partial charge is 0.0562 e. The van der Waals surface area contributed by atoms with Crippen molar-refractivity contribution in [3.8, 4) is 0 Å². The van der Waals surface area contributed by atoms with Crippen LogP contribution in [-0.2, 0) is 10.2 Å². The van der Waals surface area contributed by atoms with E-state index in [9.17, 15) is 0 Å². The molecule has 0 aliphatic heterocycles. The van der Waals surface area contributed by atoms with Crippen molar-refractivity contribution < 1.29 is 4.74 Å². The number of nitrogens with one attached hydrogen (secondary N) is 1. The van der Waals surface area contributed by atoms with Crippen molar-refractivity contribution in [1.29, 1.82) is 0 Å². The van der Waals surface area contributed by atoms with E-state index in [4.69, 9.17) is 4.74 Å². The summed E-state index contributed by atoms with van der Waals surface area (Å²) in [6.07, 6.45) is 1.24. The van der Waals surface area contributed by atoms with E-state index < -0.39 is 0 Å². The van der Waals surface area contributed by atoms with Crippen LogP contribution in [0.4, 0.5) is 0 Å². The average molecular weight is 233 g/mol. The second-order valence-electron chi connectivity index (χ2n) is 5.42. The first-order valence-corrected chi connectivity index (χ1v) is 6.47. The second kappa shape index (κ2) is 5.19. The fourth-order valence-electron chi connectivity index (χ4n) is 2.67. The largest absolute Gasteiger partial charge is 0.384 e. The first-order chi connectivity index (χ1) is 8.19. The maximum atomic E-state index is 5.43. The molecule has 1 saturated carbocycles. The predicted molar refractivity (Wildman–Crippen MR) is 71.2 cm³/mol. The van der Waals surface area contributed by atoms with Crippen LogP contribution in [0.3, 0.4) is 0 Å². The Labute approximate surface area is 104 Å². The molecule has 2 unspecified atom stereocenters. The van der Waals surface area contributed by atoms with Crippen LogP contribution in [0, 0.1) is 5.92 Å². The van der Waals surface area contributed by atoms with Crippen molar-refractivity contribution in [2.45, 2.75) is 31.7 Å². The number of rotatable bonds is 6. The molecule has 2 heteroatoms. The van der Waals surface area contributed by atoms with Gasteiger partial charge in [0.1, 0.15) is 0 Å². The Kier molecular flexibility index (Phi) is 3.85. The van der Waals surface area contributed by atoms with Crippen LogP contribution in [0.15, 0.2) is 30.3 Å². The standard InChI is InChI=1S/C15H23NO/c1-12(2)16-10-14-9-15(14,11-17-3)13-7-5-4-6-8-13/h4-8,12,14,16H,9-11H2,1-3H3. The zero-order chi connectivity index (χ0) is 12.3. The number of ether oxygens (including phenoxy) is 1. The Morgan fingerprint density at radius 2 is 2.06 bits per heavy atom. The van der Waals surface area contributed by atoms with Crippen molar-refractivity contribution >= 4 is 0 Å². The van der Waals surface area contributed by atoms with Gasteiger partial charge < -0.3 is 10.1 Å². The van der Waals surface area contributed by atoms with Gasteiger partial charge >= 0.3 is 0 Å². The molecule has 17 heavy (non-hydrogen) atoms. The summed E-state index contributed by atoms with van der Waals surface area (Å²) in [6, 6.07) is 11.3. The van der Waals surface area contributed by atoms with Crippen LogP contribution in [0.5, 0.6) is 0 Å². The molecular weight excluding hydrogens is 210 g/mol. The molecule has 1 aliphatic rings. The molecule has 0 aromatic heterocycles. The Hall–Kier alpha value is -0.860. The zero-order valence-electron chi connectivity index (χ0n) is 11.1. The minimum Gasteiger partial charge on any atom is -0.384 e. The summed E-state index contributed by atoms with van der Waals surface area (Å²) in [7, 11) is 1.80. The molecule has 0 saturated heterocycles. The van der Waals surface area contributed by atoms with E-state index in [1.807, 2.05) is 0 Å². The van der Waals surface area contributed by atoms with Crippen LogP contribution in [-0.4, -0.2) is 26.3 Å². The zero-order valence-corrected chi connectivity index (χ0v) is 11.1. The molecule has 0 bridgehead atoms. The van der Waals surface area contributed by atoms with Crippen molar-refractivity contribution in [2.75, 3.05) is 20.3 Å². The third kappa shape index (κ3) is 2.70. The fraction of sp³-hybridized carbons (Fsp3) is 0.600. The van der Waals surface area contributed by atoms with E-state index in [1.165, 1.54) is 12.0 Å². The third-order valence-corrected chi connectivity index (χ3v) is 3.76. The van der Waals surface area contributed by atoms with Gasteiger partial charge in [-0.25, -0.2) is 0 Å². The first kappa shape index (κ1) is 12.6. The van der Waals surface area contributed by atoms with Gasteiger partial charge in [-0.2, -0.15) is 0 Å². The summed E-state index contributed by atoms with van der Waals surface area (Å²) < 4.78 is 5.43. The molecule has 1 aliphatic carbocycles. The maximum Gasteiger partial charge on any atom is 0.0562 e. The molecule has 1 fully saturated rings. The second-order valence-corrected chi connectivity index (χ2v) is 5.42. The Bertz CT molecular complexity index is 349. The van der Waals surface area contributed by atoms with Crippen LogP contribution < -0.4 is 5.32 Å². The highest BCUT2D eigenvalue weighted by Crippen LogP contribution is 2.54. The van der Waals surface area contributed by atoms with Gasteiger partial charge in [-0.15, -0.1) is 0 Å². The molecular formula is C15H23NO. The number of hydrogen-bond donors (Lipinski definition) is 1. The lowest BCUT2D eigenvalue weighted by atomic mass is 9.94. The molecule has 0 spiro atoms. The summed E-state index contributed by atoms with van der Waals surface area (Å²) >= 11 is 0. The Morgan fingerprint density at radius 3 is 2.65 bits per heavy atom. The van der Waals surface area contributed by atoms with E-state index >= 15 is 0 Å². The highest BCUT2D eigenvalue weighted by atomic mass is 16.5. The summed E-state index contributed by atoms with van der Waals surface area (Å²) in [5.74, 6) is 0.715. The number of hydrogen-bond acceptors (Lipinski definition) is 2. The molecule has 2 atom stereocenters. The van der Waals surface area contributed by atoms with Crippen molar-refractivity contribution in [3.05, 3.63) is 35.9 Å². The van der Waals surface area contributed by atoms with Crippen LogP contribution in [0.1, 0.15) is 25.8 Å². The normalized spacial score (nSPS) is 27.4. The fourth-order valence-corrected chi connectivity index (χ4v) is 2.67. The van der Waals surface area contributed by atoms with E-state index in [2.05, 4.69) is 49.5 Å². The number of methoxy groups -OCH3 is 1. The van der Waals surface area contributed by atoms with Crippen molar-refractivity contribution in [1.82, 2.24) is 5.32 Å². The van der Waals surface area contributed by atoms with Crippen LogP contribution in [0.25, 0.3) is 0 Å². The maximum absolute atomic E-state index is 5.43. The molecule has 1 N–H and O–H groups in total. The quantitative estimate of drug-likeness (QED) is 0.815. The van der Waals surface area contributed by atoms with Gasteiger partial charge in [-0.1, -0.05) is 44.2 Å². The number of benzene rings is 1. The third-order valence-electron chi connectivity index (χ3n) is 3.76. The van der Waals surface area contributed by atoms with Crippen LogP contribution >= 0.6 is 0 Å². The van der Waals surface area contributed by atoms with Gasteiger partial charge in [0.05, 0.1) is 6.61 Å². The Balaban J connectivity index is 2.04. The molecule has 2 rings (SSSR count). The average Bonchev–Trinajstić information content (AvgIpc) is 3.03. The first-order valence-electron chi connectivity index (χ1n) is 6.47. The minimum atomic E-state index is 0.262. The van der Waals surface area contributed by atoms with Crippen LogP contribution in [0.2, 0.25) is 0 Å². The summed E-state index contributed by atoms with van der Waals surface area (Å²) in [6.45, 7) is 6.32. The van der Waals surface area contributed by atoms with Gasteiger partial charge in [0, 0.05) is 18.6 Å². The topological polar surface area (TPSA) is 21.3 Å². The molecule has 1 aromatic rings. The molecule has 0 heterocycles. The van der Waals surface area contributed by atoms with E-state index in [0.29, 0.717) is 12.0 Å². The highest BCUT2D eigenvalue weighted by molar-refractivity contribution is 5.34.